The molecule has 0 spiro atoms. The number of piperidine rings is 1. The van der Waals surface area contributed by atoms with Gasteiger partial charge >= 0.3 is 0 Å². The van der Waals surface area contributed by atoms with Gasteiger partial charge in [-0.05, 0) is 50.1 Å². The fraction of sp³-hybridized carbons (Fsp3) is 0.368. The Balaban J connectivity index is 1.83. The number of hydrogen-bond donors (Lipinski definition) is 1. The lowest BCUT2D eigenvalue weighted by Gasteiger charge is -2.26. The molecule has 1 aromatic carbocycles. The summed E-state index contributed by atoms with van der Waals surface area (Å²) in [6.07, 6.45) is 4.34. The molecule has 1 unspecified atom stereocenters. The number of nitrogens with zero attached hydrogens (tertiary/aromatic N) is 2. The highest BCUT2D eigenvalue weighted by atomic mass is 35.5. The number of rotatable bonds is 5. The number of nitrogens with one attached hydrogen (secondary N) is 1. The van der Waals surface area contributed by atoms with Crippen LogP contribution in [0.3, 0.4) is 0 Å². The first-order valence-corrected chi connectivity index (χ1v) is 10.7. The first-order valence-electron chi connectivity index (χ1n) is 8.91. The molecule has 1 aliphatic rings. The van der Waals surface area contributed by atoms with Crippen LogP contribution in [0.4, 0.5) is 0 Å². The number of hydrogen-bond acceptors (Lipinski definition) is 4. The summed E-state index contributed by atoms with van der Waals surface area (Å²) in [5.74, 6) is -0.375. The lowest BCUT2D eigenvalue weighted by atomic mass is 10.1. The van der Waals surface area contributed by atoms with E-state index in [1.807, 2.05) is 19.1 Å². The second-order valence-electron chi connectivity index (χ2n) is 6.56. The maximum absolute atomic E-state index is 12.9. The first-order chi connectivity index (χ1) is 12.9. The summed E-state index contributed by atoms with van der Waals surface area (Å²) < 4.78 is 27.3. The van der Waals surface area contributed by atoms with Crippen LogP contribution in [0.1, 0.15) is 48.3 Å². The van der Waals surface area contributed by atoms with Crippen LogP contribution in [0.2, 0.25) is 5.02 Å². The monoisotopic (exact) mass is 407 g/mol. The summed E-state index contributed by atoms with van der Waals surface area (Å²) in [6, 6.07) is 9.49. The van der Waals surface area contributed by atoms with Crippen LogP contribution in [-0.4, -0.2) is 36.7 Å². The van der Waals surface area contributed by atoms with Gasteiger partial charge in [0.2, 0.25) is 10.0 Å². The van der Waals surface area contributed by atoms with Crippen LogP contribution in [0.15, 0.2) is 47.5 Å². The van der Waals surface area contributed by atoms with Gasteiger partial charge in [0.15, 0.2) is 0 Å². The van der Waals surface area contributed by atoms with Crippen LogP contribution < -0.4 is 5.32 Å². The Kier molecular flexibility index (Phi) is 6.14. The highest BCUT2D eigenvalue weighted by Crippen LogP contribution is 2.28. The quantitative estimate of drug-likeness (QED) is 0.823. The van der Waals surface area contributed by atoms with Crippen LogP contribution >= 0.6 is 11.6 Å². The molecule has 0 radical (unpaired) electrons. The van der Waals surface area contributed by atoms with Gasteiger partial charge in [0.1, 0.15) is 4.90 Å². The van der Waals surface area contributed by atoms with E-state index < -0.39 is 10.0 Å². The van der Waals surface area contributed by atoms with Gasteiger partial charge in [-0.15, -0.1) is 0 Å². The number of aromatic nitrogens is 1. The zero-order chi connectivity index (χ0) is 19.4. The van der Waals surface area contributed by atoms with Crippen molar-refractivity contribution < 1.29 is 13.2 Å². The number of benzene rings is 1. The smallest absolute Gasteiger partial charge is 0.251 e. The van der Waals surface area contributed by atoms with Crippen LogP contribution in [0.5, 0.6) is 0 Å². The standard InChI is InChI=1S/C19H22ClN3O3S/c1-14(17-7-3-4-10-21-17)22-19(24)15-8-9-16(20)18(13-15)27(25,26)23-11-5-2-6-12-23/h3-4,7-10,13-14H,2,5-6,11-12H2,1H3,(H,22,24). The van der Waals surface area contributed by atoms with Crippen molar-refractivity contribution in [2.75, 3.05) is 13.1 Å². The molecule has 1 fully saturated rings. The van der Waals surface area contributed by atoms with Gasteiger partial charge in [-0.3, -0.25) is 9.78 Å². The van der Waals surface area contributed by atoms with E-state index in [-0.39, 0.29) is 27.4 Å². The van der Waals surface area contributed by atoms with Crippen molar-refractivity contribution in [3.63, 3.8) is 0 Å². The topological polar surface area (TPSA) is 79.4 Å². The molecule has 1 amide bonds. The molecule has 1 aromatic heterocycles. The molecule has 144 valence electrons. The second kappa shape index (κ2) is 8.37. The largest absolute Gasteiger partial charge is 0.344 e. The van der Waals surface area contributed by atoms with E-state index >= 15 is 0 Å². The highest BCUT2D eigenvalue weighted by molar-refractivity contribution is 7.89. The molecule has 2 aromatic rings. The summed E-state index contributed by atoms with van der Waals surface area (Å²) >= 11 is 6.16. The molecular formula is C19H22ClN3O3S. The number of amides is 1. The van der Waals surface area contributed by atoms with E-state index in [1.54, 1.807) is 12.3 Å². The Hall–Kier alpha value is -1.96. The van der Waals surface area contributed by atoms with E-state index in [0.717, 1.165) is 25.0 Å². The maximum atomic E-state index is 12.9. The third kappa shape index (κ3) is 4.48. The average molecular weight is 408 g/mol. The molecule has 2 heterocycles. The van der Waals surface area contributed by atoms with Gasteiger partial charge in [-0.2, -0.15) is 4.31 Å². The molecule has 8 heteroatoms. The van der Waals surface area contributed by atoms with Crippen LogP contribution in [0, 0.1) is 0 Å². The molecule has 0 saturated carbocycles. The van der Waals surface area contributed by atoms with Crippen molar-refractivity contribution in [1.29, 1.82) is 0 Å². The van der Waals surface area contributed by atoms with E-state index in [4.69, 9.17) is 11.6 Å². The SMILES string of the molecule is CC(NC(=O)c1ccc(Cl)c(S(=O)(=O)N2CCCCC2)c1)c1ccccn1. The molecule has 1 aliphatic heterocycles. The van der Waals surface area contributed by atoms with Crippen LogP contribution in [0.25, 0.3) is 0 Å². The van der Waals surface area contributed by atoms with Crippen molar-refractivity contribution >= 4 is 27.5 Å². The van der Waals surface area contributed by atoms with Crippen molar-refractivity contribution in [1.82, 2.24) is 14.6 Å². The molecule has 1 atom stereocenters. The fourth-order valence-corrected chi connectivity index (χ4v) is 5.09. The van der Waals surface area contributed by atoms with Crippen molar-refractivity contribution in [3.8, 4) is 0 Å². The van der Waals surface area contributed by atoms with Crippen molar-refractivity contribution in [2.45, 2.75) is 37.1 Å². The number of sulfonamides is 1. The number of carbonyl (C=O) groups is 1. The van der Waals surface area contributed by atoms with Crippen molar-refractivity contribution in [2.24, 2.45) is 0 Å². The summed E-state index contributed by atoms with van der Waals surface area (Å²) in [5, 5.41) is 2.96. The van der Waals surface area contributed by atoms with Gasteiger partial charge in [0.05, 0.1) is 16.8 Å². The summed E-state index contributed by atoms with van der Waals surface area (Å²) in [7, 11) is -3.72. The summed E-state index contributed by atoms with van der Waals surface area (Å²) in [5.41, 5.74) is 0.971. The van der Waals surface area contributed by atoms with Gasteiger partial charge in [-0.1, -0.05) is 24.1 Å². The Labute approximate surface area is 164 Å². The number of carbonyl (C=O) groups excluding carboxylic acids is 1. The predicted octanol–water partition coefficient (Wildman–Crippen LogP) is 3.40. The minimum atomic E-state index is -3.72. The molecule has 0 aliphatic carbocycles. The minimum absolute atomic E-state index is 0.0239. The summed E-state index contributed by atoms with van der Waals surface area (Å²) in [4.78, 5) is 16.8. The Morgan fingerprint density at radius 3 is 2.59 bits per heavy atom. The molecule has 1 N–H and O–H groups in total. The third-order valence-corrected chi connectivity index (χ3v) is 6.99. The van der Waals surface area contributed by atoms with Gasteiger partial charge in [0, 0.05) is 24.8 Å². The van der Waals surface area contributed by atoms with Crippen LogP contribution in [-0.2, 0) is 10.0 Å². The maximum Gasteiger partial charge on any atom is 0.251 e. The lowest BCUT2D eigenvalue weighted by molar-refractivity contribution is 0.0939. The molecule has 6 nitrogen and oxygen atoms in total. The summed E-state index contributed by atoms with van der Waals surface area (Å²) in [6.45, 7) is 2.78. The number of pyridine rings is 1. The second-order valence-corrected chi connectivity index (χ2v) is 8.87. The van der Waals surface area contributed by atoms with Gasteiger partial charge < -0.3 is 5.32 Å². The molecular weight excluding hydrogens is 386 g/mol. The Morgan fingerprint density at radius 2 is 1.93 bits per heavy atom. The van der Waals surface area contributed by atoms with E-state index in [2.05, 4.69) is 10.3 Å². The lowest BCUT2D eigenvalue weighted by Crippen LogP contribution is -2.36. The molecule has 0 bridgehead atoms. The molecule has 27 heavy (non-hydrogen) atoms. The Morgan fingerprint density at radius 1 is 1.19 bits per heavy atom. The van der Waals surface area contributed by atoms with E-state index in [1.165, 1.54) is 22.5 Å². The molecule has 3 rings (SSSR count). The first kappa shape index (κ1) is 19.8. The fourth-order valence-electron chi connectivity index (χ4n) is 3.07. The highest BCUT2D eigenvalue weighted by Gasteiger charge is 2.29. The normalized spacial score (nSPS) is 16.7. The Bertz CT molecular complexity index is 913. The minimum Gasteiger partial charge on any atom is -0.344 e. The zero-order valence-electron chi connectivity index (χ0n) is 15.1. The van der Waals surface area contributed by atoms with Gasteiger partial charge in [0.25, 0.3) is 5.91 Å². The predicted molar refractivity (Wildman–Crippen MR) is 104 cm³/mol. The average Bonchev–Trinajstić information content (AvgIpc) is 2.69. The van der Waals surface area contributed by atoms with E-state index in [9.17, 15) is 13.2 Å². The third-order valence-electron chi connectivity index (χ3n) is 4.61. The zero-order valence-corrected chi connectivity index (χ0v) is 16.6. The van der Waals surface area contributed by atoms with E-state index in [0.29, 0.717) is 13.1 Å². The number of halogens is 1. The van der Waals surface area contributed by atoms with Crippen molar-refractivity contribution in [3.05, 3.63) is 58.9 Å². The van der Waals surface area contributed by atoms with Gasteiger partial charge in [-0.25, -0.2) is 8.42 Å². The molecule has 1 saturated heterocycles.